The summed E-state index contributed by atoms with van der Waals surface area (Å²) in [5.74, 6) is 1.62. The van der Waals surface area contributed by atoms with Crippen LogP contribution in [0.1, 0.15) is 11.4 Å². The molecule has 1 aliphatic rings. The number of para-hydroxylation sites is 2. The third kappa shape index (κ3) is 5.26. The predicted octanol–water partition coefficient (Wildman–Crippen LogP) is 5.10. The zero-order valence-corrected chi connectivity index (χ0v) is 20.4. The van der Waals surface area contributed by atoms with Crippen molar-refractivity contribution in [2.75, 3.05) is 38.6 Å². The third-order valence-electron chi connectivity index (χ3n) is 6.34. The molecule has 0 aliphatic carbocycles. The van der Waals surface area contributed by atoms with E-state index in [1.165, 1.54) is 5.56 Å². The van der Waals surface area contributed by atoms with Crippen molar-refractivity contribution in [2.45, 2.75) is 13.1 Å². The van der Waals surface area contributed by atoms with Crippen molar-refractivity contribution >= 4 is 34.4 Å². The highest BCUT2D eigenvalue weighted by Gasteiger charge is 2.23. The van der Waals surface area contributed by atoms with Gasteiger partial charge in [-0.1, -0.05) is 54.1 Å². The quantitative estimate of drug-likeness (QED) is 0.409. The molecule has 0 radical (unpaired) electrons. The Bertz CT molecular complexity index is 1320. The van der Waals surface area contributed by atoms with Crippen LogP contribution in [-0.2, 0) is 13.1 Å². The first-order chi connectivity index (χ1) is 17.1. The van der Waals surface area contributed by atoms with Crippen LogP contribution < -0.4 is 10.1 Å². The van der Waals surface area contributed by atoms with Gasteiger partial charge in [0.2, 0.25) is 0 Å². The molecule has 3 aromatic carbocycles. The molecule has 0 atom stereocenters. The topological polar surface area (TPSA) is 62.6 Å². The molecule has 0 spiro atoms. The van der Waals surface area contributed by atoms with E-state index in [0.717, 1.165) is 43.0 Å². The highest BCUT2D eigenvalue weighted by Crippen LogP contribution is 2.28. The molecule has 1 N–H and O–H groups in total. The van der Waals surface area contributed by atoms with Crippen LogP contribution in [0.3, 0.4) is 0 Å². The molecule has 1 fully saturated rings. The summed E-state index contributed by atoms with van der Waals surface area (Å²) < 4.78 is 7.64. The minimum Gasteiger partial charge on any atom is -0.495 e. The maximum atomic E-state index is 12.9. The summed E-state index contributed by atoms with van der Waals surface area (Å²) in [4.78, 5) is 22.0. The summed E-state index contributed by atoms with van der Waals surface area (Å²) in [7, 11) is 1.57. The van der Waals surface area contributed by atoms with Gasteiger partial charge < -0.3 is 19.5 Å². The van der Waals surface area contributed by atoms with Gasteiger partial charge in [-0.15, -0.1) is 0 Å². The number of halogens is 1. The average molecular weight is 490 g/mol. The molecule has 8 heteroatoms. The number of rotatable bonds is 6. The summed E-state index contributed by atoms with van der Waals surface area (Å²) in [6.07, 6.45) is 0. The van der Waals surface area contributed by atoms with Crippen LogP contribution in [0.5, 0.6) is 5.75 Å². The molecule has 1 aromatic heterocycles. The van der Waals surface area contributed by atoms with Crippen LogP contribution in [0.2, 0.25) is 5.02 Å². The Morgan fingerprint density at radius 3 is 2.49 bits per heavy atom. The van der Waals surface area contributed by atoms with Gasteiger partial charge in [-0.25, -0.2) is 9.78 Å². The fourth-order valence-corrected chi connectivity index (χ4v) is 4.64. The van der Waals surface area contributed by atoms with Crippen molar-refractivity contribution in [3.63, 3.8) is 0 Å². The predicted molar refractivity (Wildman–Crippen MR) is 139 cm³/mol. The Kier molecular flexibility index (Phi) is 6.88. The number of ether oxygens (including phenoxy) is 1. The smallest absolute Gasteiger partial charge is 0.322 e. The number of methoxy groups -OCH3 is 1. The van der Waals surface area contributed by atoms with Crippen molar-refractivity contribution < 1.29 is 9.53 Å². The number of carbonyl (C=O) groups excluding carboxylic acids is 1. The third-order valence-corrected chi connectivity index (χ3v) is 6.58. The van der Waals surface area contributed by atoms with E-state index >= 15 is 0 Å². The van der Waals surface area contributed by atoms with Crippen molar-refractivity contribution in [3.8, 4) is 5.75 Å². The molecular formula is C27H28ClN5O2. The van der Waals surface area contributed by atoms with Crippen LogP contribution in [0.4, 0.5) is 10.5 Å². The number of benzene rings is 3. The number of nitrogens with one attached hydrogen (secondary N) is 1. The molecular weight excluding hydrogens is 462 g/mol. The number of aromatic nitrogens is 2. The van der Waals surface area contributed by atoms with Crippen molar-refractivity contribution in [1.29, 1.82) is 0 Å². The SMILES string of the molecule is COc1ccc(Cl)cc1NC(=O)N1CCN(Cc2nc3ccccc3n2Cc2ccccc2)CC1. The van der Waals surface area contributed by atoms with Gasteiger partial charge in [0.05, 0.1) is 30.4 Å². The molecule has 2 amide bonds. The number of amides is 2. The van der Waals surface area contributed by atoms with Gasteiger partial charge in [0, 0.05) is 37.7 Å². The fraction of sp³-hybridized carbons (Fsp3) is 0.259. The van der Waals surface area contributed by atoms with E-state index in [4.69, 9.17) is 21.3 Å². The Morgan fingerprint density at radius 2 is 1.71 bits per heavy atom. The number of piperazine rings is 1. The lowest BCUT2D eigenvalue weighted by Crippen LogP contribution is -2.49. The van der Waals surface area contributed by atoms with E-state index in [9.17, 15) is 4.79 Å². The molecule has 35 heavy (non-hydrogen) atoms. The van der Waals surface area contributed by atoms with E-state index < -0.39 is 0 Å². The number of urea groups is 1. The summed E-state index contributed by atoms with van der Waals surface area (Å²) in [6.45, 7) is 4.32. The van der Waals surface area contributed by atoms with E-state index in [1.807, 2.05) is 17.0 Å². The standard InChI is InChI=1S/C27H28ClN5O2/c1-35-25-12-11-21(28)17-23(25)30-27(34)32-15-13-31(14-16-32)19-26-29-22-9-5-6-10-24(22)33(26)18-20-7-3-2-4-8-20/h2-12,17H,13-16,18-19H2,1H3,(H,30,34). The highest BCUT2D eigenvalue weighted by atomic mass is 35.5. The Hall–Kier alpha value is -3.55. The molecule has 0 saturated carbocycles. The number of fused-ring (bicyclic) bond motifs is 1. The monoisotopic (exact) mass is 489 g/mol. The van der Waals surface area contributed by atoms with Gasteiger partial charge in [-0.05, 0) is 35.9 Å². The molecule has 7 nitrogen and oxygen atoms in total. The lowest BCUT2D eigenvalue weighted by atomic mass is 10.2. The fourth-order valence-electron chi connectivity index (χ4n) is 4.47. The Morgan fingerprint density at radius 1 is 0.971 bits per heavy atom. The second-order valence-electron chi connectivity index (χ2n) is 8.63. The van der Waals surface area contributed by atoms with Crippen molar-refractivity contribution in [1.82, 2.24) is 19.4 Å². The van der Waals surface area contributed by atoms with E-state index in [1.54, 1.807) is 25.3 Å². The van der Waals surface area contributed by atoms with Gasteiger partial charge in [0.15, 0.2) is 0 Å². The van der Waals surface area contributed by atoms with Gasteiger partial charge in [0.25, 0.3) is 0 Å². The normalized spacial score (nSPS) is 14.3. The zero-order valence-electron chi connectivity index (χ0n) is 19.7. The lowest BCUT2D eigenvalue weighted by Gasteiger charge is -2.34. The van der Waals surface area contributed by atoms with Crippen LogP contribution in [0, 0.1) is 0 Å². The first kappa shape index (κ1) is 23.2. The number of anilines is 1. The van der Waals surface area contributed by atoms with Gasteiger partial charge in [-0.2, -0.15) is 0 Å². The molecule has 0 unspecified atom stereocenters. The second-order valence-corrected chi connectivity index (χ2v) is 9.06. The van der Waals surface area contributed by atoms with E-state index in [0.29, 0.717) is 29.5 Å². The van der Waals surface area contributed by atoms with Gasteiger partial charge in [-0.3, -0.25) is 4.90 Å². The van der Waals surface area contributed by atoms with Crippen LogP contribution in [0.25, 0.3) is 11.0 Å². The summed E-state index contributed by atoms with van der Waals surface area (Å²) in [5.41, 5.74) is 3.96. The van der Waals surface area contributed by atoms with Gasteiger partial charge in [0.1, 0.15) is 11.6 Å². The minimum atomic E-state index is -0.151. The maximum Gasteiger partial charge on any atom is 0.322 e. The van der Waals surface area contributed by atoms with Crippen molar-refractivity contribution in [2.24, 2.45) is 0 Å². The first-order valence-electron chi connectivity index (χ1n) is 11.7. The molecule has 180 valence electrons. The minimum absolute atomic E-state index is 0.151. The summed E-state index contributed by atoms with van der Waals surface area (Å²) in [5, 5.41) is 3.48. The number of imidazole rings is 1. The summed E-state index contributed by atoms with van der Waals surface area (Å²) in [6, 6.07) is 23.8. The number of carbonyl (C=O) groups is 1. The summed E-state index contributed by atoms with van der Waals surface area (Å²) >= 11 is 6.10. The highest BCUT2D eigenvalue weighted by molar-refractivity contribution is 6.31. The zero-order chi connectivity index (χ0) is 24.2. The first-order valence-corrected chi connectivity index (χ1v) is 12.1. The Labute approximate surface area is 209 Å². The van der Waals surface area contributed by atoms with Crippen LogP contribution in [0.15, 0.2) is 72.8 Å². The maximum absolute atomic E-state index is 12.9. The van der Waals surface area contributed by atoms with Crippen LogP contribution >= 0.6 is 11.6 Å². The molecule has 1 saturated heterocycles. The molecule has 1 aliphatic heterocycles. The molecule has 0 bridgehead atoms. The molecule has 4 aromatic rings. The van der Waals surface area contributed by atoms with Crippen LogP contribution in [-0.4, -0.2) is 58.7 Å². The second kappa shape index (κ2) is 10.4. The average Bonchev–Trinajstić information content (AvgIpc) is 3.22. The number of hydrogen-bond acceptors (Lipinski definition) is 4. The van der Waals surface area contributed by atoms with E-state index in [-0.39, 0.29) is 6.03 Å². The molecule has 2 heterocycles. The molecule has 5 rings (SSSR count). The number of nitrogens with zero attached hydrogens (tertiary/aromatic N) is 4. The number of hydrogen-bond donors (Lipinski definition) is 1. The lowest BCUT2D eigenvalue weighted by molar-refractivity contribution is 0.140. The van der Waals surface area contributed by atoms with E-state index in [2.05, 4.69) is 57.2 Å². The van der Waals surface area contributed by atoms with Gasteiger partial charge >= 0.3 is 6.03 Å². The largest absolute Gasteiger partial charge is 0.495 e. The Balaban J connectivity index is 1.25. The van der Waals surface area contributed by atoms with Crippen molar-refractivity contribution in [3.05, 3.63) is 89.2 Å².